The predicted molar refractivity (Wildman–Crippen MR) is 89.7 cm³/mol. The average Bonchev–Trinajstić information content (AvgIpc) is 2.43. The maximum atomic E-state index is 5.98. The third-order valence-corrected chi connectivity index (χ3v) is 4.11. The van der Waals surface area contributed by atoms with Gasteiger partial charge in [0.05, 0.1) is 11.2 Å². The number of hydrogen-bond acceptors (Lipinski definition) is 3. The number of nitrogens with zero attached hydrogens (tertiary/aromatic N) is 2. The number of benzene rings is 2. The van der Waals surface area contributed by atoms with Crippen molar-refractivity contribution in [3.8, 4) is 0 Å². The van der Waals surface area contributed by atoms with E-state index < -0.39 is 0 Å². The standard InChI is InChI=1S/C14H8Br2ClN3/c15-8-5-6-10(16)12(7-8)18-13-9-3-1-2-4-11(9)19-14(17)20-13/h1-7H,(H,18,19,20). The Morgan fingerprint density at radius 1 is 1.00 bits per heavy atom. The van der Waals surface area contributed by atoms with E-state index in [1.54, 1.807) is 0 Å². The van der Waals surface area contributed by atoms with E-state index in [-0.39, 0.29) is 5.28 Å². The molecule has 0 aliphatic carbocycles. The van der Waals surface area contributed by atoms with Crippen molar-refractivity contribution >= 4 is 65.9 Å². The van der Waals surface area contributed by atoms with Crippen LogP contribution in [0.1, 0.15) is 0 Å². The molecule has 2 aromatic carbocycles. The molecule has 3 rings (SSSR count). The summed E-state index contributed by atoms with van der Waals surface area (Å²) in [6.07, 6.45) is 0. The van der Waals surface area contributed by atoms with E-state index in [4.69, 9.17) is 11.6 Å². The van der Waals surface area contributed by atoms with Crippen molar-refractivity contribution in [2.75, 3.05) is 5.32 Å². The van der Waals surface area contributed by atoms with Crippen LogP contribution >= 0.6 is 43.5 Å². The molecular weight excluding hydrogens is 405 g/mol. The van der Waals surface area contributed by atoms with Gasteiger partial charge in [0.25, 0.3) is 0 Å². The van der Waals surface area contributed by atoms with Gasteiger partial charge in [0.2, 0.25) is 5.28 Å². The Balaban J connectivity index is 2.13. The number of rotatable bonds is 2. The van der Waals surface area contributed by atoms with E-state index >= 15 is 0 Å². The van der Waals surface area contributed by atoms with Crippen molar-refractivity contribution in [2.45, 2.75) is 0 Å². The number of para-hydroxylation sites is 1. The van der Waals surface area contributed by atoms with Gasteiger partial charge in [-0.15, -0.1) is 0 Å². The number of aromatic nitrogens is 2. The van der Waals surface area contributed by atoms with Crippen LogP contribution in [0.15, 0.2) is 51.4 Å². The molecule has 0 unspecified atom stereocenters. The molecule has 0 saturated carbocycles. The summed E-state index contributed by atoms with van der Waals surface area (Å²) < 4.78 is 1.92. The van der Waals surface area contributed by atoms with Crippen molar-refractivity contribution in [3.05, 3.63) is 56.7 Å². The lowest BCUT2D eigenvalue weighted by Gasteiger charge is -2.11. The summed E-state index contributed by atoms with van der Waals surface area (Å²) >= 11 is 12.9. The van der Waals surface area contributed by atoms with Crippen molar-refractivity contribution in [3.63, 3.8) is 0 Å². The van der Waals surface area contributed by atoms with Crippen LogP contribution in [0.5, 0.6) is 0 Å². The summed E-state index contributed by atoms with van der Waals surface area (Å²) in [5, 5.41) is 4.42. The number of nitrogens with one attached hydrogen (secondary N) is 1. The summed E-state index contributed by atoms with van der Waals surface area (Å²) in [6.45, 7) is 0. The average molecular weight is 414 g/mol. The van der Waals surface area contributed by atoms with Crippen LogP contribution in [0, 0.1) is 0 Å². The van der Waals surface area contributed by atoms with Gasteiger partial charge in [0, 0.05) is 14.3 Å². The smallest absolute Gasteiger partial charge is 0.224 e. The lowest BCUT2D eigenvalue weighted by Crippen LogP contribution is -1.98. The van der Waals surface area contributed by atoms with Crippen molar-refractivity contribution < 1.29 is 0 Å². The molecule has 20 heavy (non-hydrogen) atoms. The first kappa shape index (κ1) is 13.8. The van der Waals surface area contributed by atoms with Crippen molar-refractivity contribution in [1.29, 1.82) is 0 Å². The molecule has 0 atom stereocenters. The normalized spacial score (nSPS) is 10.8. The Labute approximate surface area is 137 Å². The predicted octanol–water partition coefficient (Wildman–Crippen LogP) is 5.55. The molecule has 0 amide bonds. The van der Waals surface area contributed by atoms with Gasteiger partial charge < -0.3 is 5.32 Å². The fraction of sp³-hybridized carbons (Fsp3) is 0. The van der Waals surface area contributed by atoms with E-state index in [0.717, 1.165) is 25.5 Å². The summed E-state index contributed by atoms with van der Waals surface area (Å²) in [6, 6.07) is 13.6. The molecule has 3 aromatic rings. The van der Waals surface area contributed by atoms with E-state index in [1.165, 1.54) is 0 Å². The first-order valence-electron chi connectivity index (χ1n) is 5.78. The van der Waals surface area contributed by atoms with Gasteiger partial charge >= 0.3 is 0 Å². The summed E-state index contributed by atoms with van der Waals surface area (Å²) in [5.41, 5.74) is 1.71. The molecule has 6 heteroatoms. The summed E-state index contributed by atoms with van der Waals surface area (Å²) in [4.78, 5) is 8.49. The van der Waals surface area contributed by atoms with Crippen molar-refractivity contribution in [1.82, 2.24) is 9.97 Å². The minimum Gasteiger partial charge on any atom is -0.339 e. The van der Waals surface area contributed by atoms with E-state index in [0.29, 0.717) is 5.82 Å². The van der Waals surface area contributed by atoms with Gasteiger partial charge in [-0.3, -0.25) is 0 Å². The monoisotopic (exact) mass is 411 g/mol. The molecule has 0 aliphatic heterocycles. The fourth-order valence-electron chi connectivity index (χ4n) is 1.86. The molecule has 100 valence electrons. The largest absolute Gasteiger partial charge is 0.339 e. The first-order valence-corrected chi connectivity index (χ1v) is 7.74. The highest BCUT2D eigenvalue weighted by Gasteiger charge is 2.08. The van der Waals surface area contributed by atoms with Crippen LogP contribution in [0.4, 0.5) is 11.5 Å². The summed E-state index contributed by atoms with van der Waals surface area (Å²) in [7, 11) is 0. The van der Waals surface area contributed by atoms with Crippen LogP contribution in [0.2, 0.25) is 5.28 Å². The fourth-order valence-corrected chi connectivity index (χ4v) is 2.75. The van der Waals surface area contributed by atoms with E-state index in [9.17, 15) is 0 Å². The highest BCUT2D eigenvalue weighted by molar-refractivity contribution is 9.11. The second-order valence-electron chi connectivity index (χ2n) is 4.11. The van der Waals surface area contributed by atoms with Crippen LogP contribution in [0.25, 0.3) is 10.9 Å². The molecule has 0 saturated heterocycles. The highest BCUT2D eigenvalue weighted by atomic mass is 79.9. The molecule has 0 aliphatic rings. The lowest BCUT2D eigenvalue weighted by molar-refractivity contribution is 1.22. The maximum Gasteiger partial charge on any atom is 0.224 e. The van der Waals surface area contributed by atoms with Gasteiger partial charge in [0.15, 0.2) is 0 Å². The molecule has 0 bridgehead atoms. The second-order valence-corrected chi connectivity index (χ2v) is 6.22. The zero-order valence-electron chi connectivity index (χ0n) is 10.1. The Morgan fingerprint density at radius 2 is 1.80 bits per heavy atom. The number of hydrogen-bond donors (Lipinski definition) is 1. The molecule has 0 fully saturated rings. The van der Waals surface area contributed by atoms with E-state index in [1.807, 2.05) is 42.5 Å². The van der Waals surface area contributed by atoms with Gasteiger partial charge in [0.1, 0.15) is 5.82 Å². The van der Waals surface area contributed by atoms with Gasteiger partial charge in [-0.2, -0.15) is 4.98 Å². The molecule has 1 N–H and O–H groups in total. The zero-order chi connectivity index (χ0) is 14.1. The summed E-state index contributed by atoms with van der Waals surface area (Å²) in [5.74, 6) is 0.680. The topological polar surface area (TPSA) is 37.8 Å². The SMILES string of the molecule is Clc1nc(Nc2cc(Br)ccc2Br)c2ccccc2n1. The molecule has 1 heterocycles. The Morgan fingerprint density at radius 3 is 2.65 bits per heavy atom. The van der Waals surface area contributed by atoms with Gasteiger partial charge in [-0.25, -0.2) is 4.98 Å². The first-order chi connectivity index (χ1) is 9.63. The van der Waals surface area contributed by atoms with Crippen molar-refractivity contribution in [2.24, 2.45) is 0 Å². The molecule has 0 spiro atoms. The van der Waals surface area contributed by atoms with E-state index in [2.05, 4.69) is 47.1 Å². The minimum absolute atomic E-state index is 0.220. The third kappa shape index (κ3) is 2.80. The van der Waals surface area contributed by atoms with Crippen LogP contribution in [0.3, 0.4) is 0 Å². The molecule has 1 aromatic heterocycles. The van der Waals surface area contributed by atoms with Gasteiger partial charge in [-0.05, 0) is 57.9 Å². The molecular formula is C14H8Br2ClN3. The number of anilines is 2. The maximum absolute atomic E-state index is 5.98. The molecule has 0 radical (unpaired) electrons. The number of halogens is 3. The Bertz CT molecular complexity index is 792. The third-order valence-electron chi connectivity index (χ3n) is 2.76. The van der Waals surface area contributed by atoms with Crippen LogP contribution in [-0.2, 0) is 0 Å². The highest BCUT2D eigenvalue weighted by Crippen LogP contribution is 2.31. The quantitative estimate of drug-likeness (QED) is 0.560. The lowest BCUT2D eigenvalue weighted by atomic mass is 10.2. The zero-order valence-corrected chi connectivity index (χ0v) is 14.0. The van der Waals surface area contributed by atoms with Gasteiger partial charge in [-0.1, -0.05) is 28.1 Å². The van der Waals surface area contributed by atoms with Crippen LogP contribution < -0.4 is 5.32 Å². The number of fused-ring (bicyclic) bond motifs is 1. The van der Waals surface area contributed by atoms with Crippen LogP contribution in [-0.4, -0.2) is 9.97 Å². The molecule has 3 nitrogen and oxygen atoms in total. The second kappa shape index (κ2) is 5.68. The Kier molecular flexibility index (Phi) is 3.92. The Hall–Kier alpha value is -1.17. The minimum atomic E-state index is 0.220.